The fourth-order valence-corrected chi connectivity index (χ4v) is 3.41. The van der Waals surface area contributed by atoms with Gasteiger partial charge in [-0.1, -0.05) is 20.8 Å². The van der Waals surface area contributed by atoms with E-state index in [0.717, 1.165) is 13.1 Å². The minimum absolute atomic E-state index is 0.0180. The third-order valence-corrected chi connectivity index (χ3v) is 4.43. The molecule has 1 heterocycles. The van der Waals surface area contributed by atoms with Gasteiger partial charge in [-0.25, -0.2) is 0 Å². The van der Waals surface area contributed by atoms with E-state index >= 15 is 0 Å². The fraction of sp³-hybridized carbons (Fsp3) is 1.00. The SMILES string of the molecule is CN(CC(C)(C)C)S(=O)(=O)N1CCNCC1. The van der Waals surface area contributed by atoms with Gasteiger partial charge in [0.15, 0.2) is 0 Å². The molecule has 1 saturated heterocycles. The molecular formula is C10H23N3O2S. The molecule has 96 valence electrons. The lowest BCUT2D eigenvalue weighted by Gasteiger charge is -2.33. The smallest absolute Gasteiger partial charge is 0.281 e. The molecule has 1 rings (SSSR count). The van der Waals surface area contributed by atoms with Crippen molar-refractivity contribution < 1.29 is 8.42 Å². The first-order valence-electron chi connectivity index (χ1n) is 5.66. The average molecular weight is 249 g/mol. The maximum atomic E-state index is 12.2. The molecule has 1 N–H and O–H groups in total. The molecule has 6 heteroatoms. The molecule has 0 aliphatic carbocycles. The molecular weight excluding hydrogens is 226 g/mol. The molecule has 0 spiro atoms. The zero-order valence-electron chi connectivity index (χ0n) is 10.7. The highest BCUT2D eigenvalue weighted by Crippen LogP contribution is 2.18. The Kier molecular flexibility index (Phi) is 4.34. The molecule has 5 nitrogen and oxygen atoms in total. The first kappa shape index (κ1) is 13.9. The molecule has 0 aromatic carbocycles. The van der Waals surface area contributed by atoms with Crippen molar-refractivity contribution in [3.05, 3.63) is 0 Å². The van der Waals surface area contributed by atoms with E-state index in [1.807, 2.05) is 20.8 Å². The van der Waals surface area contributed by atoms with Gasteiger partial charge < -0.3 is 5.32 Å². The number of hydrogen-bond acceptors (Lipinski definition) is 3. The summed E-state index contributed by atoms with van der Waals surface area (Å²) >= 11 is 0. The van der Waals surface area contributed by atoms with E-state index in [9.17, 15) is 8.42 Å². The molecule has 0 radical (unpaired) electrons. The van der Waals surface area contributed by atoms with Gasteiger partial charge in [0.25, 0.3) is 10.2 Å². The Bertz CT molecular complexity index is 315. The third kappa shape index (κ3) is 3.69. The Labute approximate surface area is 99.0 Å². The summed E-state index contributed by atoms with van der Waals surface area (Å²) in [6, 6.07) is 0. The van der Waals surface area contributed by atoms with Crippen LogP contribution in [0.15, 0.2) is 0 Å². The van der Waals surface area contributed by atoms with E-state index in [1.165, 1.54) is 4.31 Å². The normalized spacial score (nSPS) is 20.3. The molecule has 16 heavy (non-hydrogen) atoms. The van der Waals surface area contributed by atoms with Crippen molar-refractivity contribution in [1.82, 2.24) is 13.9 Å². The van der Waals surface area contributed by atoms with E-state index < -0.39 is 10.2 Å². The van der Waals surface area contributed by atoms with Gasteiger partial charge in [0.2, 0.25) is 0 Å². The topological polar surface area (TPSA) is 52.7 Å². The Hall–Kier alpha value is -0.170. The number of piperazine rings is 1. The van der Waals surface area contributed by atoms with Crippen LogP contribution < -0.4 is 5.32 Å². The Morgan fingerprint density at radius 3 is 2.19 bits per heavy atom. The highest BCUT2D eigenvalue weighted by Gasteiger charge is 2.30. The van der Waals surface area contributed by atoms with Gasteiger partial charge in [-0.3, -0.25) is 0 Å². The first-order chi connectivity index (χ1) is 7.23. The number of rotatable bonds is 3. The van der Waals surface area contributed by atoms with Crippen molar-refractivity contribution in [3.63, 3.8) is 0 Å². The van der Waals surface area contributed by atoms with Crippen molar-refractivity contribution in [2.75, 3.05) is 39.8 Å². The van der Waals surface area contributed by atoms with Crippen LogP contribution in [0.3, 0.4) is 0 Å². The Morgan fingerprint density at radius 1 is 1.25 bits per heavy atom. The number of nitrogens with one attached hydrogen (secondary N) is 1. The van der Waals surface area contributed by atoms with Gasteiger partial charge in [-0.05, 0) is 5.41 Å². The quantitative estimate of drug-likeness (QED) is 0.772. The van der Waals surface area contributed by atoms with Crippen molar-refractivity contribution in [3.8, 4) is 0 Å². The Morgan fingerprint density at radius 2 is 1.75 bits per heavy atom. The minimum Gasteiger partial charge on any atom is -0.314 e. The van der Waals surface area contributed by atoms with Crippen LogP contribution in [0.1, 0.15) is 20.8 Å². The predicted octanol–water partition coefficient (Wildman–Crippen LogP) is 0.114. The molecule has 0 aromatic rings. The summed E-state index contributed by atoms with van der Waals surface area (Å²) in [5, 5.41) is 3.15. The lowest BCUT2D eigenvalue weighted by molar-refractivity contribution is 0.277. The summed E-state index contributed by atoms with van der Waals surface area (Å²) in [5.74, 6) is 0. The fourth-order valence-electron chi connectivity index (χ4n) is 1.82. The van der Waals surface area contributed by atoms with Crippen molar-refractivity contribution in [1.29, 1.82) is 0 Å². The number of nitrogens with zero attached hydrogens (tertiary/aromatic N) is 2. The van der Waals surface area contributed by atoms with Gasteiger partial charge in [0, 0.05) is 39.8 Å². The van der Waals surface area contributed by atoms with Gasteiger partial charge in [0.1, 0.15) is 0 Å². The molecule has 1 aliphatic heterocycles. The Balaban J connectivity index is 2.68. The molecule has 1 aliphatic rings. The molecule has 1 fully saturated rings. The zero-order chi connectivity index (χ0) is 12.4. The summed E-state index contributed by atoms with van der Waals surface area (Å²) in [4.78, 5) is 0. The van der Waals surface area contributed by atoms with Gasteiger partial charge in [-0.15, -0.1) is 0 Å². The van der Waals surface area contributed by atoms with Gasteiger partial charge >= 0.3 is 0 Å². The molecule has 0 amide bonds. The lowest BCUT2D eigenvalue weighted by Crippen LogP contribution is -2.52. The molecule has 0 atom stereocenters. The summed E-state index contributed by atoms with van der Waals surface area (Å²) in [7, 11) is -1.61. The second-order valence-electron chi connectivity index (χ2n) is 5.47. The van der Waals surface area contributed by atoms with Crippen LogP contribution in [-0.2, 0) is 10.2 Å². The maximum absolute atomic E-state index is 12.2. The average Bonchev–Trinajstić information content (AvgIpc) is 2.16. The molecule has 0 bridgehead atoms. The summed E-state index contributed by atoms with van der Waals surface area (Å²) in [5.41, 5.74) is -0.0180. The van der Waals surface area contributed by atoms with Crippen LogP contribution in [-0.4, -0.2) is 56.8 Å². The van der Waals surface area contributed by atoms with Crippen molar-refractivity contribution in [2.45, 2.75) is 20.8 Å². The van der Waals surface area contributed by atoms with Crippen LogP contribution in [0.2, 0.25) is 0 Å². The van der Waals surface area contributed by atoms with Crippen LogP contribution >= 0.6 is 0 Å². The monoisotopic (exact) mass is 249 g/mol. The lowest BCUT2D eigenvalue weighted by atomic mass is 9.97. The molecule has 0 saturated carbocycles. The largest absolute Gasteiger partial charge is 0.314 e. The summed E-state index contributed by atoms with van der Waals surface area (Å²) in [6.07, 6.45) is 0. The maximum Gasteiger partial charge on any atom is 0.281 e. The van der Waals surface area contributed by atoms with Crippen molar-refractivity contribution >= 4 is 10.2 Å². The first-order valence-corrected chi connectivity index (χ1v) is 7.05. The van der Waals surface area contributed by atoms with E-state index in [-0.39, 0.29) is 5.41 Å². The standard InChI is InChI=1S/C10H23N3O2S/c1-10(2,3)9-12(4)16(14,15)13-7-5-11-6-8-13/h11H,5-9H2,1-4H3. The van der Waals surface area contributed by atoms with E-state index in [4.69, 9.17) is 0 Å². The highest BCUT2D eigenvalue weighted by atomic mass is 32.2. The molecule has 0 aromatic heterocycles. The second kappa shape index (κ2) is 5.00. The van der Waals surface area contributed by atoms with Gasteiger partial charge in [-0.2, -0.15) is 17.0 Å². The van der Waals surface area contributed by atoms with Crippen LogP contribution in [0.5, 0.6) is 0 Å². The number of hydrogen-bond donors (Lipinski definition) is 1. The second-order valence-corrected chi connectivity index (χ2v) is 7.51. The van der Waals surface area contributed by atoms with Crippen LogP contribution in [0.4, 0.5) is 0 Å². The van der Waals surface area contributed by atoms with Gasteiger partial charge in [0.05, 0.1) is 0 Å². The summed E-state index contributed by atoms with van der Waals surface area (Å²) in [6.45, 7) is 9.27. The van der Waals surface area contributed by atoms with E-state index in [1.54, 1.807) is 11.4 Å². The third-order valence-electron chi connectivity index (χ3n) is 2.49. The van der Waals surface area contributed by atoms with Crippen LogP contribution in [0, 0.1) is 5.41 Å². The van der Waals surface area contributed by atoms with E-state index in [0.29, 0.717) is 19.6 Å². The summed E-state index contributed by atoms with van der Waals surface area (Å²) < 4.78 is 27.4. The van der Waals surface area contributed by atoms with Crippen molar-refractivity contribution in [2.24, 2.45) is 5.41 Å². The predicted molar refractivity (Wildman–Crippen MR) is 65.4 cm³/mol. The highest BCUT2D eigenvalue weighted by molar-refractivity contribution is 7.86. The minimum atomic E-state index is -3.27. The van der Waals surface area contributed by atoms with Crippen LogP contribution in [0.25, 0.3) is 0 Å². The molecule has 0 unspecified atom stereocenters. The van der Waals surface area contributed by atoms with E-state index in [2.05, 4.69) is 5.32 Å². The zero-order valence-corrected chi connectivity index (χ0v) is 11.5.